The predicted molar refractivity (Wildman–Crippen MR) is 165 cm³/mol. The van der Waals surface area contributed by atoms with Gasteiger partial charge in [-0.05, 0) is 79.2 Å². The van der Waals surface area contributed by atoms with Crippen molar-refractivity contribution in [3.63, 3.8) is 0 Å². The van der Waals surface area contributed by atoms with Crippen LogP contribution in [-0.4, -0.2) is 0 Å². The second-order valence-corrected chi connectivity index (χ2v) is 11.5. The average Bonchev–Trinajstić information content (AvgIpc) is 3.33. The van der Waals surface area contributed by atoms with E-state index in [9.17, 15) is 0 Å². The Morgan fingerprint density at radius 2 is 1.13 bits per heavy atom. The summed E-state index contributed by atoms with van der Waals surface area (Å²) in [5.74, 6) is 0.720. The van der Waals surface area contributed by atoms with Crippen LogP contribution >= 0.6 is 0 Å². The Balaban J connectivity index is 1.45. The molecule has 6 aromatic rings. The highest BCUT2D eigenvalue weighted by Crippen LogP contribution is 2.58. The van der Waals surface area contributed by atoms with Gasteiger partial charge in [0.1, 0.15) is 0 Å². The standard InChI is InChI=1S/C39H32/c1-4-12-27(13-5-1)28-20-22-32-29(26-28)21-23-35-33(32)24-25-36-34-18-10-11-19-37(34)39(38(35)36,30-14-6-2-7-15-30)31-16-8-3-9-17-31/h2-3,6-11,14-27H,1,4-5,12-13H2. The molecule has 2 aliphatic rings. The van der Waals surface area contributed by atoms with Crippen LogP contribution in [0.1, 0.15) is 65.8 Å². The van der Waals surface area contributed by atoms with E-state index in [0.29, 0.717) is 0 Å². The smallest absolute Gasteiger partial charge is 0.0622 e. The van der Waals surface area contributed by atoms with E-state index in [-0.39, 0.29) is 5.41 Å². The van der Waals surface area contributed by atoms with Gasteiger partial charge in [0.25, 0.3) is 0 Å². The molecule has 0 radical (unpaired) electrons. The van der Waals surface area contributed by atoms with Crippen LogP contribution in [0.3, 0.4) is 0 Å². The molecule has 0 spiro atoms. The Bertz CT molecular complexity index is 1780. The lowest BCUT2D eigenvalue weighted by Crippen LogP contribution is -2.28. The summed E-state index contributed by atoms with van der Waals surface area (Å²) >= 11 is 0. The number of rotatable bonds is 3. The molecule has 39 heavy (non-hydrogen) atoms. The third-order valence-corrected chi connectivity index (χ3v) is 9.53. The van der Waals surface area contributed by atoms with Gasteiger partial charge in [0.05, 0.1) is 5.41 Å². The second-order valence-electron chi connectivity index (χ2n) is 11.5. The molecule has 0 aliphatic heterocycles. The van der Waals surface area contributed by atoms with Gasteiger partial charge in [-0.2, -0.15) is 0 Å². The van der Waals surface area contributed by atoms with Gasteiger partial charge < -0.3 is 0 Å². The van der Waals surface area contributed by atoms with Crippen molar-refractivity contribution in [3.8, 4) is 11.1 Å². The SMILES string of the molecule is c1ccc(C2(c3ccccc3)c3ccccc3-c3ccc4c(ccc5cc(C6CCCCC6)ccc54)c32)cc1. The first-order chi connectivity index (χ1) is 19.4. The number of fused-ring (bicyclic) bond motifs is 7. The van der Waals surface area contributed by atoms with Crippen molar-refractivity contribution in [2.24, 2.45) is 0 Å². The van der Waals surface area contributed by atoms with Crippen molar-refractivity contribution in [1.29, 1.82) is 0 Å². The van der Waals surface area contributed by atoms with Gasteiger partial charge in [0.15, 0.2) is 0 Å². The van der Waals surface area contributed by atoms with Gasteiger partial charge >= 0.3 is 0 Å². The van der Waals surface area contributed by atoms with E-state index < -0.39 is 0 Å². The Kier molecular flexibility index (Phi) is 5.23. The summed E-state index contributed by atoms with van der Waals surface area (Å²) in [7, 11) is 0. The first kappa shape index (κ1) is 22.8. The van der Waals surface area contributed by atoms with Crippen molar-refractivity contribution >= 4 is 21.5 Å². The lowest BCUT2D eigenvalue weighted by atomic mass is 9.66. The van der Waals surface area contributed by atoms with E-state index in [1.54, 1.807) is 0 Å². The van der Waals surface area contributed by atoms with Crippen LogP contribution in [0, 0.1) is 0 Å². The van der Waals surface area contributed by atoms with E-state index in [4.69, 9.17) is 0 Å². The molecule has 0 bridgehead atoms. The molecule has 1 saturated carbocycles. The summed E-state index contributed by atoms with van der Waals surface area (Å²) in [6.45, 7) is 0. The molecule has 2 aliphatic carbocycles. The van der Waals surface area contributed by atoms with E-state index in [2.05, 4.69) is 127 Å². The summed E-state index contributed by atoms with van der Waals surface area (Å²) < 4.78 is 0. The molecule has 0 atom stereocenters. The first-order valence-electron chi connectivity index (χ1n) is 14.6. The van der Waals surface area contributed by atoms with Crippen molar-refractivity contribution < 1.29 is 0 Å². The summed E-state index contributed by atoms with van der Waals surface area (Å²) in [5.41, 5.74) is 9.28. The number of benzene rings is 6. The van der Waals surface area contributed by atoms with E-state index in [1.165, 1.54) is 92.6 Å². The van der Waals surface area contributed by atoms with Crippen LogP contribution < -0.4 is 0 Å². The highest BCUT2D eigenvalue weighted by molar-refractivity contribution is 6.12. The molecule has 8 rings (SSSR count). The lowest BCUT2D eigenvalue weighted by Gasteiger charge is -2.34. The minimum absolute atomic E-state index is 0.371. The molecule has 0 saturated heterocycles. The van der Waals surface area contributed by atoms with Crippen LogP contribution in [0.4, 0.5) is 0 Å². The van der Waals surface area contributed by atoms with Crippen molar-refractivity contribution in [1.82, 2.24) is 0 Å². The third kappa shape index (κ3) is 3.31. The molecule has 0 heteroatoms. The monoisotopic (exact) mass is 500 g/mol. The zero-order valence-electron chi connectivity index (χ0n) is 22.2. The summed E-state index contributed by atoms with van der Waals surface area (Å²) in [4.78, 5) is 0. The molecule has 0 nitrogen and oxygen atoms in total. The van der Waals surface area contributed by atoms with Gasteiger partial charge in [-0.25, -0.2) is 0 Å². The molecule has 0 aromatic heterocycles. The van der Waals surface area contributed by atoms with Crippen molar-refractivity contribution in [2.75, 3.05) is 0 Å². The fraction of sp³-hybridized carbons (Fsp3) is 0.179. The summed E-state index contributed by atoms with van der Waals surface area (Å²) in [6, 6.07) is 48.2. The Labute approximate surface area is 231 Å². The van der Waals surface area contributed by atoms with Crippen LogP contribution in [0.25, 0.3) is 32.7 Å². The Morgan fingerprint density at radius 1 is 0.487 bits per heavy atom. The Hall–Kier alpha value is -4.16. The molecular weight excluding hydrogens is 468 g/mol. The van der Waals surface area contributed by atoms with E-state index in [1.807, 2.05) is 0 Å². The topological polar surface area (TPSA) is 0 Å². The molecular formula is C39H32. The molecule has 0 unspecified atom stereocenters. The molecule has 0 amide bonds. The highest BCUT2D eigenvalue weighted by atomic mass is 14.5. The van der Waals surface area contributed by atoms with Gasteiger partial charge in [0, 0.05) is 0 Å². The summed E-state index contributed by atoms with van der Waals surface area (Å²) in [5, 5.41) is 5.44. The lowest BCUT2D eigenvalue weighted by molar-refractivity contribution is 0.444. The van der Waals surface area contributed by atoms with Gasteiger partial charge in [0.2, 0.25) is 0 Å². The minimum Gasteiger partial charge on any atom is -0.0622 e. The number of hydrogen-bond donors (Lipinski definition) is 0. The van der Waals surface area contributed by atoms with Crippen LogP contribution in [0.5, 0.6) is 0 Å². The fourth-order valence-electron chi connectivity index (χ4n) is 7.81. The summed E-state index contributed by atoms with van der Waals surface area (Å²) in [6.07, 6.45) is 6.80. The second kappa shape index (κ2) is 8.95. The van der Waals surface area contributed by atoms with E-state index >= 15 is 0 Å². The van der Waals surface area contributed by atoms with Gasteiger partial charge in [-0.1, -0.05) is 147 Å². The maximum Gasteiger partial charge on any atom is 0.0719 e. The van der Waals surface area contributed by atoms with E-state index in [0.717, 1.165) is 5.92 Å². The normalized spacial score (nSPS) is 16.3. The fourth-order valence-corrected chi connectivity index (χ4v) is 7.81. The predicted octanol–water partition coefficient (Wildman–Crippen LogP) is 10.4. The zero-order chi connectivity index (χ0) is 25.8. The minimum atomic E-state index is -0.371. The molecule has 1 fully saturated rings. The molecule has 6 aromatic carbocycles. The zero-order valence-corrected chi connectivity index (χ0v) is 22.2. The third-order valence-electron chi connectivity index (χ3n) is 9.53. The van der Waals surface area contributed by atoms with Gasteiger partial charge in [-0.3, -0.25) is 0 Å². The van der Waals surface area contributed by atoms with Crippen molar-refractivity contribution in [2.45, 2.75) is 43.4 Å². The van der Waals surface area contributed by atoms with Gasteiger partial charge in [-0.15, -0.1) is 0 Å². The molecule has 0 N–H and O–H groups in total. The van der Waals surface area contributed by atoms with Crippen molar-refractivity contribution in [3.05, 3.63) is 155 Å². The van der Waals surface area contributed by atoms with Crippen LogP contribution in [-0.2, 0) is 5.41 Å². The quantitative estimate of drug-likeness (QED) is 0.212. The maximum atomic E-state index is 2.48. The number of hydrogen-bond acceptors (Lipinski definition) is 0. The maximum absolute atomic E-state index is 2.48. The highest BCUT2D eigenvalue weighted by Gasteiger charge is 2.46. The molecule has 0 heterocycles. The van der Waals surface area contributed by atoms with Crippen LogP contribution in [0.2, 0.25) is 0 Å². The average molecular weight is 501 g/mol. The van der Waals surface area contributed by atoms with Crippen LogP contribution in [0.15, 0.2) is 127 Å². The first-order valence-corrected chi connectivity index (χ1v) is 14.6. The molecule has 188 valence electrons. The Morgan fingerprint density at radius 3 is 1.87 bits per heavy atom. The largest absolute Gasteiger partial charge is 0.0719 e.